The van der Waals surface area contributed by atoms with E-state index in [9.17, 15) is 0 Å². The SMILES string of the molecule is CCCNc1nccc2c(Br)cc(OC)c(OC)c12. The van der Waals surface area contributed by atoms with Crippen LogP contribution in [0.15, 0.2) is 22.8 Å². The smallest absolute Gasteiger partial charge is 0.172 e. The van der Waals surface area contributed by atoms with Gasteiger partial charge in [-0.05, 0) is 18.6 Å². The van der Waals surface area contributed by atoms with E-state index in [1.54, 1.807) is 20.4 Å². The highest BCUT2D eigenvalue weighted by Crippen LogP contribution is 2.42. The summed E-state index contributed by atoms with van der Waals surface area (Å²) in [5, 5.41) is 5.31. The van der Waals surface area contributed by atoms with Gasteiger partial charge in [-0.25, -0.2) is 4.98 Å². The number of pyridine rings is 1. The van der Waals surface area contributed by atoms with E-state index in [-0.39, 0.29) is 0 Å². The topological polar surface area (TPSA) is 43.4 Å². The van der Waals surface area contributed by atoms with E-state index in [0.29, 0.717) is 11.5 Å². The number of ether oxygens (including phenoxy) is 2. The fourth-order valence-electron chi connectivity index (χ4n) is 2.00. The summed E-state index contributed by atoms with van der Waals surface area (Å²) >= 11 is 3.56. The molecule has 102 valence electrons. The summed E-state index contributed by atoms with van der Waals surface area (Å²) in [5.41, 5.74) is 0. The minimum atomic E-state index is 0.689. The molecule has 0 aliphatic heterocycles. The Balaban J connectivity index is 2.72. The van der Waals surface area contributed by atoms with Gasteiger partial charge in [0.05, 0.1) is 19.6 Å². The second-order valence-electron chi connectivity index (χ2n) is 4.10. The van der Waals surface area contributed by atoms with E-state index < -0.39 is 0 Å². The molecule has 1 heterocycles. The van der Waals surface area contributed by atoms with Gasteiger partial charge in [-0.3, -0.25) is 0 Å². The molecule has 1 aromatic heterocycles. The number of nitrogens with zero attached hydrogens (tertiary/aromatic N) is 1. The van der Waals surface area contributed by atoms with Crippen molar-refractivity contribution in [2.24, 2.45) is 0 Å². The largest absolute Gasteiger partial charge is 0.493 e. The Morgan fingerprint density at radius 1 is 1.32 bits per heavy atom. The van der Waals surface area contributed by atoms with Crippen molar-refractivity contribution in [1.82, 2.24) is 4.98 Å². The molecule has 0 spiro atoms. The molecule has 1 N–H and O–H groups in total. The predicted molar refractivity (Wildman–Crippen MR) is 81.3 cm³/mol. The summed E-state index contributed by atoms with van der Waals surface area (Å²) in [4.78, 5) is 4.40. The fraction of sp³-hybridized carbons (Fsp3) is 0.357. The van der Waals surface area contributed by atoms with Gasteiger partial charge in [-0.2, -0.15) is 0 Å². The summed E-state index contributed by atoms with van der Waals surface area (Å²) in [6.45, 7) is 2.98. The maximum Gasteiger partial charge on any atom is 0.172 e. The van der Waals surface area contributed by atoms with Crippen LogP contribution in [0.4, 0.5) is 5.82 Å². The summed E-state index contributed by atoms with van der Waals surface area (Å²) in [6.07, 6.45) is 2.82. The minimum absolute atomic E-state index is 0.689. The van der Waals surface area contributed by atoms with Gasteiger partial charge in [0.25, 0.3) is 0 Å². The lowest BCUT2D eigenvalue weighted by Crippen LogP contribution is -2.03. The molecule has 0 aliphatic rings. The molecule has 0 fully saturated rings. The number of nitrogens with one attached hydrogen (secondary N) is 1. The number of methoxy groups -OCH3 is 2. The molecule has 0 radical (unpaired) electrons. The normalized spacial score (nSPS) is 10.5. The van der Waals surface area contributed by atoms with Crippen molar-refractivity contribution in [3.63, 3.8) is 0 Å². The molecule has 2 aromatic rings. The Morgan fingerprint density at radius 2 is 2.11 bits per heavy atom. The maximum absolute atomic E-state index is 5.50. The predicted octanol–water partition coefficient (Wildman–Crippen LogP) is 3.84. The Kier molecular flexibility index (Phi) is 4.47. The summed E-state index contributed by atoms with van der Waals surface area (Å²) in [6, 6.07) is 3.86. The van der Waals surface area contributed by atoms with E-state index >= 15 is 0 Å². The first-order valence-corrected chi connectivity index (χ1v) is 6.95. The van der Waals surface area contributed by atoms with E-state index in [2.05, 4.69) is 33.2 Å². The number of benzene rings is 1. The van der Waals surface area contributed by atoms with Crippen LogP contribution < -0.4 is 14.8 Å². The van der Waals surface area contributed by atoms with Crippen molar-refractivity contribution in [1.29, 1.82) is 0 Å². The quantitative estimate of drug-likeness (QED) is 0.907. The second-order valence-corrected chi connectivity index (χ2v) is 4.96. The first kappa shape index (κ1) is 13.9. The third kappa shape index (κ3) is 2.61. The summed E-state index contributed by atoms with van der Waals surface area (Å²) < 4.78 is 11.8. The van der Waals surface area contributed by atoms with Crippen LogP contribution in [0.5, 0.6) is 11.5 Å². The van der Waals surface area contributed by atoms with Crippen molar-refractivity contribution < 1.29 is 9.47 Å². The zero-order valence-corrected chi connectivity index (χ0v) is 12.9. The molecular weight excluding hydrogens is 308 g/mol. The standard InChI is InChI=1S/C14H17BrN2O2/c1-4-6-16-14-12-9(5-7-17-14)10(15)8-11(18-2)13(12)19-3/h5,7-8H,4,6H2,1-3H3,(H,16,17). The molecule has 4 nitrogen and oxygen atoms in total. The molecule has 19 heavy (non-hydrogen) atoms. The minimum Gasteiger partial charge on any atom is -0.493 e. The molecule has 2 rings (SSSR count). The van der Waals surface area contributed by atoms with Crippen molar-refractivity contribution in [2.75, 3.05) is 26.1 Å². The Labute approximate surface area is 121 Å². The van der Waals surface area contributed by atoms with Crippen LogP contribution in [-0.4, -0.2) is 25.7 Å². The summed E-state index contributed by atoms with van der Waals surface area (Å²) in [5.74, 6) is 2.21. The molecule has 0 saturated carbocycles. The van der Waals surface area contributed by atoms with E-state index in [1.807, 2.05) is 12.1 Å². The highest BCUT2D eigenvalue weighted by Gasteiger charge is 2.16. The van der Waals surface area contributed by atoms with Gasteiger partial charge in [0.2, 0.25) is 0 Å². The molecule has 0 bridgehead atoms. The highest BCUT2D eigenvalue weighted by molar-refractivity contribution is 9.10. The number of hydrogen-bond donors (Lipinski definition) is 1. The van der Waals surface area contributed by atoms with Crippen molar-refractivity contribution in [3.8, 4) is 11.5 Å². The average molecular weight is 325 g/mol. The lowest BCUT2D eigenvalue weighted by molar-refractivity contribution is 0.358. The molecule has 0 amide bonds. The number of hydrogen-bond acceptors (Lipinski definition) is 4. The van der Waals surface area contributed by atoms with Crippen molar-refractivity contribution >= 4 is 32.5 Å². The van der Waals surface area contributed by atoms with E-state index in [4.69, 9.17) is 9.47 Å². The van der Waals surface area contributed by atoms with Crippen LogP contribution in [0.2, 0.25) is 0 Å². The Hall–Kier alpha value is -1.49. The number of rotatable bonds is 5. The first-order chi connectivity index (χ1) is 9.22. The van der Waals surface area contributed by atoms with Crippen LogP contribution in [-0.2, 0) is 0 Å². The van der Waals surface area contributed by atoms with Crippen LogP contribution in [0.25, 0.3) is 10.8 Å². The van der Waals surface area contributed by atoms with Gasteiger partial charge in [0, 0.05) is 22.6 Å². The van der Waals surface area contributed by atoms with Crippen LogP contribution >= 0.6 is 15.9 Å². The zero-order valence-electron chi connectivity index (χ0n) is 11.3. The highest BCUT2D eigenvalue weighted by atomic mass is 79.9. The van der Waals surface area contributed by atoms with Gasteiger partial charge >= 0.3 is 0 Å². The zero-order chi connectivity index (χ0) is 13.8. The Bertz CT molecular complexity index is 587. The average Bonchev–Trinajstić information content (AvgIpc) is 2.44. The van der Waals surface area contributed by atoms with Gasteiger partial charge < -0.3 is 14.8 Å². The lowest BCUT2D eigenvalue weighted by atomic mass is 10.1. The molecule has 0 unspecified atom stereocenters. The number of fused-ring (bicyclic) bond motifs is 1. The van der Waals surface area contributed by atoms with Gasteiger partial charge in [-0.15, -0.1) is 0 Å². The molecule has 0 saturated heterocycles. The van der Waals surface area contributed by atoms with Crippen LogP contribution in [0, 0.1) is 0 Å². The molecular formula is C14H17BrN2O2. The monoisotopic (exact) mass is 324 g/mol. The van der Waals surface area contributed by atoms with Gasteiger partial charge in [0.1, 0.15) is 5.82 Å². The first-order valence-electron chi connectivity index (χ1n) is 6.16. The molecule has 0 aliphatic carbocycles. The maximum atomic E-state index is 5.50. The summed E-state index contributed by atoms with van der Waals surface area (Å²) in [7, 11) is 3.27. The van der Waals surface area contributed by atoms with Gasteiger partial charge in [-0.1, -0.05) is 22.9 Å². The number of aromatic nitrogens is 1. The fourth-order valence-corrected chi connectivity index (χ4v) is 2.54. The van der Waals surface area contributed by atoms with E-state index in [0.717, 1.165) is 34.0 Å². The molecule has 0 atom stereocenters. The molecule has 1 aromatic carbocycles. The van der Waals surface area contributed by atoms with Crippen LogP contribution in [0.3, 0.4) is 0 Å². The van der Waals surface area contributed by atoms with Crippen LogP contribution in [0.1, 0.15) is 13.3 Å². The van der Waals surface area contributed by atoms with E-state index in [1.165, 1.54) is 0 Å². The van der Waals surface area contributed by atoms with Crippen molar-refractivity contribution in [2.45, 2.75) is 13.3 Å². The third-order valence-electron chi connectivity index (χ3n) is 2.88. The number of anilines is 1. The Morgan fingerprint density at radius 3 is 2.74 bits per heavy atom. The molecule has 5 heteroatoms. The second kappa shape index (κ2) is 6.10. The van der Waals surface area contributed by atoms with Crippen molar-refractivity contribution in [3.05, 3.63) is 22.8 Å². The lowest BCUT2D eigenvalue weighted by Gasteiger charge is -2.15. The van der Waals surface area contributed by atoms with Gasteiger partial charge in [0.15, 0.2) is 11.5 Å². The number of halogens is 1. The third-order valence-corrected chi connectivity index (χ3v) is 3.54.